The van der Waals surface area contributed by atoms with Crippen molar-refractivity contribution < 1.29 is 0 Å². The summed E-state index contributed by atoms with van der Waals surface area (Å²) < 4.78 is 0. The van der Waals surface area contributed by atoms with Crippen LogP contribution in [0.1, 0.15) is 5.69 Å². The molecule has 0 saturated heterocycles. The van der Waals surface area contributed by atoms with Gasteiger partial charge in [0.2, 0.25) is 0 Å². The number of hydrogen-bond donors (Lipinski definition) is 1. The van der Waals surface area contributed by atoms with E-state index in [0.717, 1.165) is 17.0 Å². The van der Waals surface area contributed by atoms with Gasteiger partial charge < -0.3 is 0 Å². The number of nitrogens with one attached hydrogen (secondary N) is 1. The van der Waals surface area contributed by atoms with E-state index in [1.165, 1.54) is 21.9 Å². The fraction of sp³-hybridized carbons (Fsp3) is 0.0500. The first-order valence-corrected chi connectivity index (χ1v) is 7.78. The van der Waals surface area contributed by atoms with E-state index in [1.54, 1.807) is 13.3 Å². The first kappa shape index (κ1) is 14.3. The fourth-order valence-corrected chi connectivity index (χ4v) is 2.85. The average molecular weight is 312 g/mol. The van der Waals surface area contributed by atoms with Crippen molar-refractivity contribution in [3.63, 3.8) is 0 Å². The van der Waals surface area contributed by atoms with Gasteiger partial charge in [0.25, 0.3) is 0 Å². The Kier molecular flexibility index (Phi) is 3.63. The zero-order valence-corrected chi connectivity index (χ0v) is 13.3. The van der Waals surface area contributed by atoms with E-state index >= 15 is 0 Å². The van der Waals surface area contributed by atoms with Gasteiger partial charge in [-0.3, -0.25) is 4.99 Å². The highest BCUT2D eigenvalue weighted by Gasteiger charge is 2.08. The Bertz CT molecular complexity index is 1010. The Morgan fingerprint density at radius 2 is 1.50 bits per heavy atom. The van der Waals surface area contributed by atoms with Crippen LogP contribution >= 0.6 is 0 Å². The van der Waals surface area contributed by atoms with Crippen LogP contribution in [0, 0.1) is 0 Å². The van der Waals surface area contributed by atoms with Crippen LogP contribution in [0.15, 0.2) is 71.7 Å². The maximum atomic E-state index is 4.22. The molecule has 0 spiro atoms. The predicted molar refractivity (Wildman–Crippen MR) is 98.3 cm³/mol. The van der Waals surface area contributed by atoms with Gasteiger partial charge in [0, 0.05) is 12.6 Å². The molecule has 3 aromatic carbocycles. The molecule has 4 heteroatoms. The normalized spacial score (nSPS) is 11.4. The van der Waals surface area contributed by atoms with Crippen LogP contribution in [0.2, 0.25) is 0 Å². The molecule has 4 aromatic rings. The van der Waals surface area contributed by atoms with E-state index in [-0.39, 0.29) is 0 Å². The van der Waals surface area contributed by atoms with Gasteiger partial charge in [-0.25, -0.2) is 0 Å². The number of hydrogen-bond acceptors (Lipinski definition) is 3. The van der Waals surface area contributed by atoms with Crippen molar-refractivity contribution in [2.75, 3.05) is 7.05 Å². The van der Waals surface area contributed by atoms with Gasteiger partial charge in [-0.05, 0) is 28.0 Å². The summed E-state index contributed by atoms with van der Waals surface area (Å²) in [5, 5.41) is 13.5. The monoisotopic (exact) mass is 312 g/mol. The van der Waals surface area contributed by atoms with E-state index in [1.807, 2.05) is 0 Å². The number of aromatic amines is 1. The number of aliphatic imine (C=N–C) groups is 1. The van der Waals surface area contributed by atoms with Crippen LogP contribution < -0.4 is 0 Å². The molecule has 4 nitrogen and oxygen atoms in total. The summed E-state index contributed by atoms with van der Waals surface area (Å²) in [4.78, 5) is 4.01. The summed E-state index contributed by atoms with van der Waals surface area (Å²) in [7, 11) is 1.72. The number of aromatic nitrogens is 3. The molecule has 0 aliphatic heterocycles. The molecular weight excluding hydrogens is 296 g/mol. The van der Waals surface area contributed by atoms with Crippen molar-refractivity contribution in [3.8, 4) is 22.4 Å². The third-order valence-corrected chi connectivity index (χ3v) is 4.07. The largest absolute Gasteiger partial charge is 0.294 e. The number of H-pyrrole nitrogens is 1. The molecule has 116 valence electrons. The molecule has 0 radical (unpaired) electrons. The Labute approximate surface area is 139 Å². The predicted octanol–water partition coefficient (Wildman–Crippen LogP) is 4.34. The second-order valence-electron chi connectivity index (χ2n) is 5.58. The summed E-state index contributed by atoms with van der Waals surface area (Å²) in [6.07, 6.45) is 1.70. The fourth-order valence-electron chi connectivity index (χ4n) is 2.85. The molecule has 0 aliphatic rings. The lowest BCUT2D eigenvalue weighted by molar-refractivity contribution is 0.940. The average Bonchev–Trinajstić information content (AvgIpc) is 3.10. The molecular formula is C20H16N4. The maximum Gasteiger partial charge on any atom is 0.131 e. The summed E-state index contributed by atoms with van der Waals surface area (Å²) in [5.41, 5.74) is 4.96. The molecule has 24 heavy (non-hydrogen) atoms. The second-order valence-corrected chi connectivity index (χ2v) is 5.58. The van der Waals surface area contributed by atoms with Gasteiger partial charge in [0.15, 0.2) is 0 Å². The first-order valence-electron chi connectivity index (χ1n) is 7.78. The Morgan fingerprint density at radius 1 is 0.792 bits per heavy atom. The van der Waals surface area contributed by atoms with Gasteiger partial charge in [0.1, 0.15) is 11.4 Å². The molecule has 0 amide bonds. The van der Waals surface area contributed by atoms with Gasteiger partial charge in [-0.2, -0.15) is 15.4 Å². The minimum atomic E-state index is 0.746. The van der Waals surface area contributed by atoms with E-state index in [0.29, 0.717) is 0 Å². The van der Waals surface area contributed by atoms with Crippen molar-refractivity contribution in [2.45, 2.75) is 0 Å². The number of rotatable bonds is 3. The quantitative estimate of drug-likeness (QED) is 0.572. The summed E-state index contributed by atoms with van der Waals surface area (Å²) in [6, 6.07) is 23.3. The SMILES string of the molecule is CN=Cc1n[nH]nc1-c1ccc(-c2ccc3ccccc3c2)cc1. The maximum absolute atomic E-state index is 4.22. The standard InChI is InChI=1S/C20H16N4/c1-21-13-19-20(23-24-22-19)16-9-6-15(7-10-16)18-11-8-14-4-2-3-5-17(14)12-18/h2-13H,1H3,(H,22,23,24). The van der Waals surface area contributed by atoms with Crippen molar-refractivity contribution in [3.05, 3.63) is 72.4 Å². The van der Waals surface area contributed by atoms with E-state index in [2.05, 4.69) is 87.1 Å². The Morgan fingerprint density at radius 3 is 2.29 bits per heavy atom. The van der Waals surface area contributed by atoms with Crippen LogP contribution in [0.3, 0.4) is 0 Å². The van der Waals surface area contributed by atoms with Crippen LogP contribution in [-0.2, 0) is 0 Å². The Balaban J connectivity index is 1.71. The van der Waals surface area contributed by atoms with Crippen LogP contribution in [0.4, 0.5) is 0 Å². The molecule has 1 heterocycles. The molecule has 0 bridgehead atoms. The highest BCUT2D eigenvalue weighted by molar-refractivity contribution is 5.88. The lowest BCUT2D eigenvalue weighted by Crippen LogP contribution is -1.87. The van der Waals surface area contributed by atoms with Crippen molar-refractivity contribution in [1.82, 2.24) is 15.4 Å². The first-order chi connectivity index (χ1) is 11.8. The second kappa shape index (κ2) is 6.08. The number of benzene rings is 3. The third kappa shape index (κ3) is 2.58. The molecule has 0 aliphatic carbocycles. The van der Waals surface area contributed by atoms with Crippen molar-refractivity contribution in [1.29, 1.82) is 0 Å². The van der Waals surface area contributed by atoms with Gasteiger partial charge in [-0.15, -0.1) is 0 Å². The topological polar surface area (TPSA) is 53.9 Å². The summed E-state index contributed by atoms with van der Waals surface area (Å²) in [6.45, 7) is 0. The van der Waals surface area contributed by atoms with E-state index in [4.69, 9.17) is 0 Å². The summed E-state index contributed by atoms with van der Waals surface area (Å²) >= 11 is 0. The van der Waals surface area contributed by atoms with Gasteiger partial charge in [0.05, 0.1) is 6.21 Å². The molecule has 0 unspecified atom stereocenters. The van der Waals surface area contributed by atoms with E-state index in [9.17, 15) is 0 Å². The smallest absolute Gasteiger partial charge is 0.131 e. The zero-order chi connectivity index (χ0) is 16.4. The van der Waals surface area contributed by atoms with Crippen LogP contribution in [-0.4, -0.2) is 28.7 Å². The highest BCUT2D eigenvalue weighted by Crippen LogP contribution is 2.27. The number of fused-ring (bicyclic) bond motifs is 1. The molecule has 1 N–H and O–H groups in total. The minimum Gasteiger partial charge on any atom is -0.294 e. The lowest BCUT2D eigenvalue weighted by atomic mass is 9.99. The minimum absolute atomic E-state index is 0.746. The van der Waals surface area contributed by atoms with Crippen molar-refractivity contribution >= 4 is 17.0 Å². The molecule has 4 rings (SSSR count). The molecule has 0 saturated carbocycles. The van der Waals surface area contributed by atoms with Gasteiger partial charge >= 0.3 is 0 Å². The third-order valence-electron chi connectivity index (χ3n) is 4.07. The van der Waals surface area contributed by atoms with Gasteiger partial charge in [-0.1, -0.05) is 60.7 Å². The number of nitrogens with zero attached hydrogens (tertiary/aromatic N) is 3. The lowest BCUT2D eigenvalue weighted by Gasteiger charge is -2.05. The highest BCUT2D eigenvalue weighted by atomic mass is 15.3. The molecule has 0 fully saturated rings. The van der Waals surface area contributed by atoms with Crippen LogP contribution in [0.5, 0.6) is 0 Å². The Hall–Kier alpha value is -3.27. The zero-order valence-electron chi connectivity index (χ0n) is 13.3. The molecule has 0 atom stereocenters. The molecule has 1 aromatic heterocycles. The summed E-state index contributed by atoms with van der Waals surface area (Å²) in [5.74, 6) is 0. The van der Waals surface area contributed by atoms with Crippen LogP contribution in [0.25, 0.3) is 33.2 Å². The van der Waals surface area contributed by atoms with E-state index < -0.39 is 0 Å². The van der Waals surface area contributed by atoms with Crippen molar-refractivity contribution in [2.24, 2.45) is 4.99 Å².